The lowest BCUT2D eigenvalue weighted by molar-refractivity contribution is -0.149. The van der Waals surface area contributed by atoms with Crippen molar-refractivity contribution in [2.24, 2.45) is 16.6 Å². The topological polar surface area (TPSA) is 67.9 Å². The molecule has 0 spiro atoms. The van der Waals surface area contributed by atoms with Crippen LogP contribution in [0.15, 0.2) is 16.8 Å². The van der Waals surface area contributed by atoms with E-state index in [1.807, 2.05) is 13.1 Å². The Labute approximate surface area is 108 Å². The average Bonchev–Trinajstić information content (AvgIpc) is 2.40. The van der Waals surface area contributed by atoms with Crippen LogP contribution in [0.2, 0.25) is 0 Å². The standard InChI is InChI=1S/C13H21N3O2/c1-2-18-13(17)10-4-3-7-16(9-10)11-5-6-12(14)15-8-11/h5,8,10,12H,2-4,6-7,9,14H2,1H3. The fraction of sp³-hybridized carbons (Fsp3) is 0.692. The number of aliphatic imine (C=N–C) groups is 1. The van der Waals surface area contributed by atoms with Crippen molar-refractivity contribution in [3.05, 3.63) is 11.8 Å². The molecule has 2 aliphatic rings. The van der Waals surface area contributed by atoms with E-state index in [-0.39, 0.29) is 18.1 Å². The molecule has 1 saturated heterocycles. The largest absolute Gasteiger partial charge is 0.466 e. The van der Waals surface area contributed by atoms with E-state index >= 15 is 0 Å². The minimum Gasteiger partial charge on any atom is -0.466 e. The van der Waals surface area contributed by atoms with E-state index in [0.29, 0.717) is 6.61 Å². The number of esters is 1. The van der Waals surface area contributed by atoms with Crippen LogP contribution in [0.4, 0.5) is 0 Å². The van der Waals surface area contributed by atoms with E-state index in [9.17, 15) is 4.79 Å². The van der Waals surface area contributed by atoms with Gasteiger partial charge in [-0.15, -0.1) is 0 Å². The summed E-state index contributed by atoms with van der Waals surface area (Å²) in [5, 5.41) is 0. The molecule has 0 radical (unpaired) electrons. The number of allylic oxidation sites excluding steroid dienone is 1. The first kappa shape index (κ1) is 13.1. The third-order valence-corrected chi connectivity index (χ3v) is 3.37. The molecule has 2 aliphatic heterocycles. The lowest BCUT2D eigenvalue weighted by atomic mass is 9.97. The number of piperidine rings is 1. The number of carbonyl (C=O) groups excluding carboxylic acids is 1. The first-order valence-corrected chi connectivity index (χ1v) is 6.61. The third-order valence-electron chi connectivity index (χ3n) is 3.37. The minimum atomic E-state index is -0.112. The van der Waals surface area contributed by atoms with Crippen molar-refractivity contribution in [3.63, 3.8) is 0 Å². The lowest BCUT2D eigenvalue weighted by Gasteiger charge is -2.34. The number of carbonyl (C=O) groups is 1. The van der Waals surface area contributed by atoms with Crippen LogP contribution in [-0.4, -0.2) is 42.9 Å². The smallest absolute Gasteiger partial charge is 0.310 e. The number of ether oxygens (including phenoxy) is 1. The molecule has 2 heterocycles. The van der Waals surface area contributed by atoms with Crippen molar-refractivity contribution in [3.8, 4) is 0 Å². The van der Waals surface area contributed by atoms with Gasteiger partial charge in [0.1, 0.15) is 6.17 Å². The van der Waals surface area contributed by atoms with Crippen LogP contribution in [0, 0.1) is 5.92 Å². The van der Waals surface area contributed by atoms with Gasteiger partial charge in [0.15, 0.2) is 0 Å². The summed E-state index contributed by atoms with van der Waals surface area (Å²) in [6, 6.07) is 0. The SMILES string of the molecule is CCOC(=O)C1CCCN(C2=CCC(N)N=C2)C1. The molecule has 100 valence electrons. The molecule has 18 heavy (non-hydrogen) atoms. The maximum atomic E-state index is 11.8. The van der Waals surface area contributed by atoms with Crippen molar-refractivity contribution >= 4 is 12.2 Å². The van der Waals surface area contributed by atoms with Gasteiger partial charge in [-0.05, 0) is 19.8 Å². The van der Waals surface area contributed by atoms with E-state index < -0.39 is 0 Å². The number of hydrogen-bond donors (Lipinski definition) is 1. The predicted octanol–water partition coefficient (Wildman–Crippen LogP) is 0.905. The van der Waals surface area contributed by atoms with Crippen LogP contribution in [0.3, 0.4) is 0 Å². The Morgan fingerprint density at radius 2 is 2.50 bits per heavy atom. The van der Waals surface area contributed by atoms with Crippen molar-refractivity contribution < 1.29 is 9.53 Å². The van der Waals surface area contributed by atoms with Crippen LogP contribution in [-0.2, 0) is 9.53 Å². The van der Waals surface area contributed by atoms with E-state index in [2.05, 4.69) is 16.0 Å². The molecular formula is C13H21N3O2. The summed E-state index contributed by atoms with van der Waals surface area (Å²) < 4.78 is 5.10. The summed E-state index contributed by atoms with van der Waals surface area (Å²) in [5.41, 5.74) is 6.80. The molecule has 2 rings (SSSR count). The average molecular weight is 251 g/mol. The number of hydrogen-bond acceptors (Lipinski definition) is 5. The highest BCUT2D eigenvalue weighted by molar-refractivity contribution is 5.79. The summed E-state index contributed by atoms with van der Waals surface area (Å²) in [6.45, 7) is 4.00. The van der Waals surface area contributed by atoms with Crippen LogP contribution < -0.4 is 5.73 Å². The molecule has 0 amide bonds. The second kappa shape index (κ2) is 6.00. The van der Waals surface area contributed by atoms with Crippen molar-refractivity contribution in [1.82, 2.24) is 4.90 Å². The summed E-state index contributed by atoms with van der Waals surface area (Å²) in [6.07, 6.45) is 6.51. The van der Waals surface area contributed by atoms with Crippen molar-refractivity contribution in [1.29, 1.82) is 0 Å². The highest BCUT2D eigenvalue weighted by atomic mass is 16.5. The molecule has 0 bridgehead atoms. The summed E-state index contributed by atoms with van der Waals surface area (Å²) in [7, 11) is 0. The Bertz CT molecular complexity index is 365. The molecule has 1 fully saturated rings. The van der Waals surface area contributed by atoms with Gasteiger partial charge < -0.3 is 15.4 Å². The van der Waals surface area contributed by atoms with Crippen molar-refractivity contribution in [2.75, 3.05) is 19.7 Å². The van der Waals surface area contributed by atoms with Gasteiger partial charge in [0.25, 0.3) is 0 Å². The maximum absolute atomic E-state index is 11.8. The molecule has 0 saturated carbocycles. The minimum absolute atomic E-state index is 0.0106. The van der Waals surface area contributed by atoms with E-state index in [0.717, 1.165) is 38.0 Å². The third kappa shape index (κ3) is 3.10. The van der Waals surface area contributed by atoms with Gasteiger partial charge >= 0.3 is 5.97 Å². The molecule has 2 atom stereocenters. The van der Waals surface area contributed by atoms with E-state index in [1.165, 1.54) is 0 Å². The maximum Gasteiger partial charge on any atom is 0.310 e. The number of rotatable bonds is 3. The molecule has 2 N–H and O–H groups in total. The number of dihydropyridines is 1. The molecule has 2 unspecified atom stereocenters. The van der Waals surface area contributed by atoms with E-state index in [4.69, 9.17) is 10.5 Å². The normalized spacial score (nSPS) is 27.9. The highest BCUT2D eigenvalue weighted by Gasteiger charge is 2.27. The summed E-state index contributed by atoms with van der Waals surface area (Å²) >= 11 is 0. The number of nitrogens with zero attached hydrogens (tertiary/aromatic N) is 2. The molecule has 0 aromatic carbocycles. The van der Waals surface area contributed by atoms with Crippen molar-refractivity contribution in [2.45, 2.75) is 32.4 Å². The number of likely N-dealkylation sites (tertiary alicyclic amines) is 1. The van der Waals surface area contributed by atoms with Crippen LogP contribution in [0.1, 0.15) is 26.2 Å². The zero-order valence-corrected chi connectivity index (χ0v) is 10.8. The van der Waals surface area contributed by atoms with Crippen LogP contribution in [0.5, 0.6) is 0 Å². The molecule has 0 aromatic heterocycles. The quantitative estimate of drug-likeness (QED) is 0.757. The summed E-state index contributed by atoms with van der Waals surface area (Å²) in [4.78, 5) is 18.2. The molecule has 0 aliphatic carbocycles. The first-order valence-electron chi connectivity index (χ1n) is 6.61. The molecule has 5 heteroatoms. The van der Waals surface area contributed by atoms with Gasteiger partial charge in [-0.25, -0.2) is 0 Å². The Morgan fingerprint density at radius 1 is 1.67 bits per heavy atom. The monoisotopic (exact) mass is 251 g/mol. The van der Waals surface area contributed by atoms with Gasteiger partial charge in [-0.2, -0.15) is 0 Å². The second-order valence-electron chi connectivity index (χ2n) is 4.75. The summed E-state index contributed by atoms with van der Waals surface area (Å²) in [5.74, 6) is -0.0872. The predicted molar refractivity (Wildman–Crippen MR) is 70.1 cm³/mol. The zero-order valence-electron chi connectivity index (χ0n) is 10.8. The van der Waals surface area contributed by atoms with Gasteiger partial charge in [0, 0.05) is 25.7 Å². The fourth-order valence-electron chi connectivity index (χ4n) is 2.40. The number of nitrogens with two attached hydrogens (primary N) is 1. The first-order chi connectivity index (χ1) is 8.70. The van der Waals surface area contributed by atoms with E-state index in [1.54, 1.807) is 0 Å². The highest BCUT2D eigenvalue weighted by Crippen LogP contribution is 2.22. The van der Waals surface area contributed by atoms with Gasteiger partial charge in [0.2, 0.25) is 0 Å². The van der Waals surface area contributed by atoms with Crippen LogP contribution >= 0.6 is 0 Å². The molecular weight excluding hydrogens is 230 g/mol. The molecule has 5 nitrogen and oxygen atoms in total. The van der Waals surface area contributed by atoms with Gasteiger partial charge in [-0.1, -0.05) is 6.08 Å². The second-order valence-corrected chi connectivity index (χ2v) is 4.75. The zero-order chi connectivity index (χ0) is 13.0. The fourth-order valence-corrected chi connectivity index (χ4v) is 2.40. The van der Waals surface area contributed by atoms with Gasteiger partial charge in [-0.3, -0.25) is 9.79 Å². The Morgan fingerprint density at radius 3 is 3.17 bits per heavy atom. The Balaban J connectivity index is 1.95. The van der Waals surface area contributed by atoms with Gasteiger partial charge in [0.05, 0.1) is 18.2 Å². The van der Waals surface area contributed by atoms with Crippen LogP contribution in [0.25, 0.3) is 0 Å². The Hall–Kier alpha value is -1.36. The molecule has 0 aromatic rings. The Kier molecular flexibility index (Phi) is 4.36. The lowest BCUT2D eigenvalue weighted by Crippen LogP contribution is -2.40.